The van der Waals surface area contributed by atoms with E-state index in [1.54, 1.807) is 6.20 Å². The van der Waals surface area contributed by atoms with Crippen molar-refractivity contribution in [2.45, 2.75) is 12.1 Å². The first-order valence-corrected chi connectivity index (χ1v) is 6.63. The van der Waals surface area contributed by atoms with Crippen LogP contribution in [0.5, 0.6) is 0 Å². The second-order valence-electron chi connectivity index (χ2n) is 5.15. The lowest BCUT2D eigenvalue weighted by atomic mass is 9.94. The van der Waals surface area contributed by atoms with Crippen LogP contribution in [0.25, 0.3) is 0 Å². The molecule has 1 aromatic rings. The smallest absolute Gasteiger partial charge is 0.128 e. The summed E-state index contributed by atoms with van der Waals surface area (Å²) in [6.45, 7) is 5.87. The van der Waals surface area contributed by atoms with Crippen LogP contribution in [0, 0.1) is 0 Å². The van der Waals surface area contributed by atoms with Crippen molar-refractivity contribution in [3.8, 4) is 0 Å². The van der Waals surface area contributed by atoms with E-state index >= 15 is 0 Å². The van der Waals surface area contributed by atoms with Crippen LogP contribution in [0.4, 0.5) is 5.82 Å². The van der Waals surface area contributed by atoms with Crippen LogP contribution in [0.2, 0.25) is 0 Å². The Kier molecular flexibility index (Phi) is 3.20. The minimum absolute atomic E-state index is 0.266. The largest absolute Gasteiger partial charge is 0.383 e. The van der Waals surface area contributed by atoms with Gasteiger partial charge in [0.15, 0.2) is 0 Å². The van der Waals surface area contributed by atoms with E-state index in [2.05, 4.69) is 26.2 Å². The minimum Gasteiger partial charge on any atom is -0.383 e. The summed E-state index contributed by atoms with van der Waals surface area (Å²) in [5, 5.41) is 3.43. The highest BCUT2D eigenvalue weighted by atomic mass is 15.4. The number of hydrogen-bond acceptors (Lipinski definition) is 5. The van der Waals surface area contributed by atoms with Crippen molar-refractivity contribution >= 4 is 5.82 Å². The van der Waals surface area contributed by atoms with Crippen molar-refractivity contribution in [1.29, 1.82) is 0 Å². The molecule has 4 rings (SSSR count). The van der Waals surface area contributed by atoms with Crippen LogP contribution in [0.15, 0.2) is 18.3 Å². The van der Waals surface area contributed by atoms with Gasteiger partial charge >= 0.3 is 0 Å². The van der Waals surface area contributed by atoms with E-state index in [1.165, 1.54) is 26.2 Å². The van der Waals surface area contributed by atoms with Crippen molar-refractivity contribution in [2.75, 3.05) is 45.5 Å². The molecule has 0 saturated carbocycles. The van der Waals surface area contributed by atoms with E-state index < -0.39 is 0 Å². The second-order valence-corrected chi connectivity index (χ2v) is 5.15. The molecule has 3 fully saturated rings. The van der Waals surface area contributed by atoms with Crippen LogP contribution in [-0.2, 0) is 0 Å². The molecule has 4 heterocycles. The van der Waals surface area contributed by atoms with Gasteiger partial charge in [0.05, 0.1) is 6.04 Å². The average molecular weight is 247 g/mol. The molecule has 2 bridgehead atoms. The van der Waals surface area contributed by atoms with Gasteiger partial charge in [0.1, 0.15) is 5.82 Å². The number of piperazine rings is 3. The number of likely N-dealkylation sites (N-methyl/N-ethyl adjacent to an activating group) is 1. The molecule has 0 aliphatic carbocycles. The average Bonchev–Trinajstić information content (AvgIpc) is 2.43. The highest BCUT2D eigenvalue weighted by Crippen LogP contribution is 2.28. The summed E-state index contributed by atoms with van der Waals surface area (Å²) in [7, 11) is 2.01. The predicted octanol–water partition coefficient (Wildman–Crippen LogP) is -0.0759. The molecule has 3 aliphatic rings. The van der Waals surface area contributed by atoms with Gasteiger partial charge in [-0.3, -0.25) is 9.80 Å². The number of nitrogen functional groups attached to an aromatic ring is 1. The van der Waals surface area contributed by atoms with Gasteiger partial charge in [-0.25, -0.2) is 4.98 Å². The molecule has 0 amide bonds. The monoisotopic (exact) mass is 247 g/mol. The number of nitrogens with zero attached hydrogens (tertiary/aromatic N) is 3. The summed E-state index contributed by atoms with van der Waals surface area (Å²) >= 11 is 0. The maximum atomic E-state index is 6.02. The number of fused-ring (bicyclic) bond motifs is 3. The van der Waals surface area contributed by atoms with Crippen molar-refractivity contribution in [3.05, 3.63) is 23.9 Å². The number of rotatable bonds is 3. The van der Waals surface area contributed by atoms with Crippen molar-refractivity contribution in [2.24, 2.45) is 0 Å². The van der Waals surface area contributed by atoms with Gasteiger partial charge in [-0.05, 0) is 13.1 Å². The molecule has 0 spiro atoms. The summed E-state index contributed by atoms with van der Waals surface area (Å²) in [6, 6.07) is 4.82. The SMILES string of the molecule is CNC(c1cccnc1N)C1CN2CCN1CC2. The standard InChI is InChI=1S/C13H21N5/c1-15-12(10-3-2-4-16-13(10)14)11-9-17-5-7-18(11)8-6-17/h2-4,11-12,15H,5-9H2,1H3,(H2,14,16). The van der Waals surface area contributed by atoms with Gasteiger partial charge < -0.3 is 11.1 Å². The number of hydrogen-bond donors (Lipinski definition) is 2. The Morgan fingerprint density at radius 1 is 1.39 bits per heavy atom. The van der Waals surface area contributed by atoms with Crippen LogP contribution in [0.1, 0.15) is 11.6 Å². The van der Waals surface area contributed by atoms with Gasteiger partial charge in [0, 0.05) is 50.5 Å². The highest BCUT2D eigenvalue weighted by Gasteiger charge is 2.37. The summed E-state index contributed by atoms with van der Waals surface area (Å²) < 4.78 is 0. The molecule has 5 nitrogen and oxygen atoms in total. The van der Waals surface area contributed by atoms with Crippen LogP contribution in [0.3, 0.4) is 0 Å². The molecule has 0 radical (unpaired) electrons. The number of nitrogens with one attached hydrogen (secondary N) is 1. The van der Waals surface area contributed by atoms with Crippen LogP contribution in [-0.4, -0.2) is 60.6 Å². The fourth-order valence-electron chi connectivity index (χ4n) is 3.22. The Labute approximate surface area is 108 Å². The zero-order chi connectivity index (χ0) is 12.5. The van der Waals surface area contributed by atoms with Crippen molar-refractivity contribution < 1.29 is 0 Å². The minimum atomic E-state index is 0.266. The quantitative estimate of drug-likeness (QED) is 0.783. The van der Waals surface area contributed by atoms with E-state index in [0.717, 1.165) is 12.1 Å². The van der Waals surface area contributed by atoms with Crippen molar-refractivity contribution in [3.63, 3.8) is 0 Å². The van der Waals surface area contributed by atoms with Crippen LogP contribution < -0.4 is 11.1 Å². The zero-order valence-electron chi connectivity index (χ0n) is 10.8. The second kappa shape index (κ2) is 4.84. The summed E-state index contributed by atoms with van der Waals surface area (Å²) in [5.41, 5.74) is 7.14. The summed E-state index contributed by atoms with van der Waals surface area (Å²) in [5.74, 6) is 0.648. The third-order valence-corrected chi connectivity index (χ3v) is 4.22. The number of aromatic nitrogens is 1. The molecule has 1 aromatic heterocycles. The summed E-state index contributed by atoms with van der Waals surface area (Å²) in [6.07, 6.45) is 1.75. The number of pyridine rings is 1. The van der Waals surface area contributed by atoms with E-state index in [9.17, 15) is 0 Å². The molecule has 3 saturated heterocycles. The fourth-order valence-corrected chi connectivity index (χ4v) is 3.22. The highest BCUT2D eigenvalue weighted by molar-refractivity contribution is 5.41. The Morgan fingerprint density at radius 3 is 2.72 bits per heavy atom. The van der Waals surface area contributed by atoms with Crippen LogP contribution >= 0.6 is 0 Å². The van der Waals surface area contributed by atoms with E-state index in [0.29, 0.717) is 11.9 Å². The van der Waals surface area contributed by atoms with E-state index in [1.807, 2.05) is 13.1 Å². The molecular formula is C13H21N5. The molecular weight excluding hydrogens is 226 g/mol. The molecule has 98 valence electrons. The molecule has 18 heavy (non-hydrogen) atoms. The lowest BCUT2D eigenvalue weighted by molar-refractivity contribution is -0.00247. The molecule has 2 atom stereocenters. The van der Waals surface area contributed by atoms with Gasteiger partial charge in [0.2, 0.25) is 0 Å². The third kappa shape index (κ3) is 1.98. The fraction of sp³-hybridized carbons (Fsp3) is 0.615. The predicted molar refractivity (Wildman–Crippen MR) is 72.3 cm³/mol. The van der Waals surface area contributed by atoms with Crippen molar-refractivity contribution in [1.82, 2.24) is 20.1 Å². The molecule has 3 aliphatic heterocycles. The lowest BCUT2D eigenvalue weighted by Gasteiger charge is -2.50. The Balaban J connectivity index is 1.87. The normalized spacial score (nSPS) is 32.4. The van der Waals surface area contributed by atoms with Gasteiger partial charge in [-0.2, -0.15) is 0 Å². The van der Waals surface area contributed by atoms with E-state index in [-0.39, 0.29) is 6.04 Å². The first-order chi connectivity index (χ1) is 8.79. The molecule has 2 unspecified atom stereocenters. The Morgan fingerprint density at radius 2 is 2.17 bits per heavy atom. The molecule has 0 aromatic carbocycles. The Bertz CT molecular complexity index is 414. The number of anilines is 1. The maximum Gasteiger partial charge on any atom is 0.128 e. The first kappa shape index (κ1) is 11.9. The topological polar surface area (TPSA) is 57.4 Å². The summed E-state index contributed by atoms with van der Waals surface area (Å²) in [4.78, 5) is 9.33. The molecule has 5 heteroatoms. The third-order valence-electron chi connectivity index (χ3n) is 4.22. The van der Waals surface area contributed by atoms with E-state index in [4.69, 9.17) is 5.73 Å². The lowest BCUT2D eigenvalue weighted by Crippen LogP contribution is -2.63. The first-order valence-electron chi connectivity index (χ1n) is 6.63. The van der Waals surface area contributed by atoms with Gasteiger partial charge in [-0.15, -0.1) is 0 Å². The number of nitrogens with two attached hydrogens (primary N) is 1. The van der Waals surface area contributed by atoms with Gasteiger partial charge in [-0.1, -0.05) is 6.07 Å². The van der Waals surface area contributed by atoms with Gasteiger partial charge in [0.25, 0.3) is 0 Å². The molecule has 3 N–H and O–H groups in total. The maximum absolute atomic E-state index is 6.02. The Hall–Kier alpha value is -1.17. The zero-order valence-corrected chi connectivity index (χ0v) is 10.8.